The molecule has 1 aromatic rings. The van der Waals surface area contributed by atoms with E-state index in [4.69, 9.17) is 0 Å². The van der Waals surface area contributed by atoms with Gasteiger partial charge in [-0.3, -0.25) is 0 Å². The van der Waals surface area contributed by atoms with E-state index in [9.17, 15) is 19.8 Å². The van der Waals surface area contributed by atoms with Gasteiger partial charge >= 0.3 is 70.2 Å². The Balaban J connectivity index is 0. The fourth-order valence-corrected chi connectivity index (χ4v) is 1.23. The number of carbonyl (C=O) groups is 2. The molecule has 0 fully saturated rings. The van der Waals surface area contributed by atoms with Gasteiger partial charge in [-0.2, -0.15) is 0 Å². The van der Waals surface area contributed by atoms with Crippen LogP contribution in [0.25, 0.3) is 0 Å². The van der Waals surface area contributed by atoms with Crippen LogP contribution in [-0.4, -0.2) is 11.9 Å². The van der Waals surface area contributed by atoms with Crippen LogP contribution in [0.1, 0.15) is 12.5 Å². The number of hydrogen-bond donors (Lipinski definition) is 0. The predicted octanol–water partition coefficient (Wildman–Crippen LogP) is -7.26. The fourth-order valence-electron chi connectivity index (χ4n) is 1.23. The molecular weight excluding hydrogens is 242 g/mol. The molecule has 0 unspecified atom stereocenters. The molecule has 4 nitrogen and oxygen atoms in total. The molecule has 0 spiro atoms. The number of hydrogen-bond acceptors (Lipinski definition) is 4. The Kier molecular flexibility index (Phi) is 9.85. The average Bonchev–Trinajstić information content (AvgIpc) is 2.18. The third-order valence-corrected chi connectivity index (χ3v) is 2.30. The number of aliphatic carboxylic acids is 2. The molecule has 1 rings (SSSR count). The second kappa shape index (κ2) is 8.49. The van der Waals surface area contributed by atoms with Crippen molar-refractivity contribution >= 4 is 11.9 Å². The summed E-state index contributed by atoms with van der Waals surface area (Å²) in [5.41, 5.74) is -1.37. The molecule has 0 heterocycles. The summed E-state index contributed by atoms with van der Waals surface area (Å²) in [5.74, 6) is -3.27. The summed E-state index contributed by atoms with van der Waals surface area (Å²) in [6.45, 7) is 1.09. The van der Waals surface area contributed by atoms with Crippen molar-refractivity contribution in [1.82, 2.24) is 0 Å². The van der Waals surface area contributed by atoms with E-state index < -0.39 is 17.4 Å². The molecule has 0 amide bonds. The van der Waals surface area contributed by atoms with Crippen LogP contribution in [0.5, 0.6) is 0 Å². The van der Waals surface area contributed by atoms with Gasteiger partial charge in [0.15, 0.2) is 0 Å². The minimum absolute atomic E-state index is 0. The van der Waals surface area contributed by atoms with Gasteiger partial charge in [0.2, 0.25) is 0 Å². The van der Waals surface area contributed by atoms with Gasteiger partial charge in [-0.15, -0.1) is 0 Å². The predicted molar refractivity (Wildman–Crippen MR) is 48.3 cm³/mol. The van der Waals surface area contributed by atoms with Crippen LogP contribution in [0.4, 0.5) is 0 Å². The Hall–Kier alpha value is 0.394. The Morgan fingerprint density at radius 1 is 1.12 bits per heavy atom. The first kappa shape index (κ1) is 19.7. The third-order valence-electron chi connectivity index (χ3n) is 2.30. The standard InChI is InChI=1S/C11H12O4.K.Li/c1-11(9(12)13,10(14)15)7-8-5-3-2-4-6-8;;/h2-6H,7H2,1H3,(H,12,13)(H,14,15);;/q;2*+1/p-2. The van der Waals surface area contributed by atoms with Crippen molar-refractivity contribution in [2.75, 3.05) is 0 Å². The van der Waals surface area contributed by atoms with E-state index in [-0.39, 0.29) is 76.7 Å². The van der Waals surface area contributed by atoms with Gasteiger partial charge < -0.3 is 19.8 Å². The molecule has 17 heavy (non-hydrogen) atoms. The average molecular weight is 252 g/mol. The van der Waals surface area contributed by atoms with Crippen LogP contribution >= 0.6 is 0 Å². The minimum Gasteiger partial charge on any atom is -0.549 e. The molecule has 0 aliphatic heterocycles. The Morgan fingerprint density at radius 2 is 1.53 bits per heavy atom. The second-order valence-corrected chi connectivity index (χ2v) is 3.57. The van der Waals surface area contributed by atoms with Gasteiger partial charge in [-0.1, -0.05) is 30.3 Å². The van der Waals surface area contributed by atoms with Crippen molar-refractivity contribution in [2.45, 2.75) is 13.3 Å². The van der Waals surface area contributed by atoms with E-state index in [1.165, 1.54) is 0 Å². The van der Waals surface area contributed by atoms with Crippen molar-refractivity contribution in [2.24, 2.45) is 5.41 Å². The molecule has 0 aliphatic rings. The number of carbonyl (C=O) groups excluding carboxylic acids is 2. The SMILES string of the molecule is CC(Cc1ccccc1)(C(=O)[O-])C(=O)[O-].[K+].[Li+]. The van der Waals surface area contributed by atoms with E-state index >= 15 is 0 Å². The molecule has 0 aromatic heterocycles. The molecule has 0 aliphatic carbocycles. The van der Waals surface area contributed by atoms with Crippen LogP contribution in [0.3, 0.4) is 0 Å². The molecule has 0 radical (unpaired) electrons. The van der Waals surface area contributed by atoms with Crippen molar-refractivity contribution in [3.63, 3.8) is 0 Å². The zero-order valence-electron chi connectivity index (χ0n) is 10.2. The van der Waals surface area contributed by atoms with E-state index in [0.29, 0.717) is 5.56 Å². The monoisotopic (exact) mass is 252 g/mol. The summed E-state index contributed by atoms with van der Waals surface area (Å²) < 4.78 is 0. The zero-order chi connectivity index (χ0) is 11.5. The van der Waals surface area contributed by atoms with Gasteiger partial charge in [-0.05, 0) is 18.9 Å². The number of benzene rings is 1. The first-order valence-corrected chi connectivity index (χ1v) is 4.43. The van der Waals surface area contributed by atoms with Crippen LogP contribution in [0, 0.1) is 5.41 Å². The van der Waals surface area contributed by atoms with Crippen LogP contribution < -0.4 is 80.5 Å². The fraction of sp³-hybridized carbons (Fsp3) is 0.273. The minimum atomic E-state index is -1.98. The number of carboxylic acid groups (broad SMARTS) is 2. The second-order valence-electron chi connectivity index (χ2n) is 3.57. The maximum atomic E-state index is 10.7. The van der Waals surface area contributed by atoms with Crippen LogP contribution in [-0.2, 0) is 16.0 Å². The first-order chi connectivity index (χ1) is 6.97. The molecule has 80 valence electrons. The summed E-state index contributed by atoms with van der Waals surface area (Å²) in [7, 11) is 0. The summed E-state index contributed by atoms with van der Waals surface area (Å²) in [6, 6.07) is 8.49. The van der Waals surface area contributed by atoms with Gasteiger partial charge in [-0.25, -0.2) is 0 Å². The topological polar surface area (TPSA) is 80.3 Å². The van der Waals surface area contributed by atoms with Crippen molar-refractivity contribution < 1.29 is 90.0 Å². The molecule has 0 N–H and O–H groups in total. The number of rotatable bonds is 4. The normalized spacial score (nSPS) is 9.71. The summed E-state index contributed by atoms with van der Waals surface area (Å²) in [5, 5.41) is 21.5. The maximum Gasteiger partial charge on any atom is 1.00 e. The number of carboxylic acids is 2. The molecule has 0 bridgehead atoms. The Labute approximate surface area is 154 Å². The zero-order valence-corrected chi connectivity index (χ0v) is 13.3. The first-order valence-electron chi connectivity index (χ1n) is 4.43. The van der Waals surface area contributed by atoms with E-state index in [0.717, 1.165) is 6.92 Å². The van der Waals surface area contributed by atoms with E-state index in [2.05, 4.69) is 0 Å². The Bertz CT molecular complexity index is 366. The summed E-state index contributed by atoms with van der Waals surface area (Å²) in [6.07, 6.45) is -0.140. The molecule has 6 heteroatoms. The molecule has 0 saturated heterocycles. The quantitative estimate of drug-likeness (QED) is 0.394. The van der Waals surface area contributed by atoms with Gasteiger partial charge in [0, 0.05) is 0 Å². The molecule has 0 saturated carbocycles. The van der Waals surface area contributed by atoms with Crippen LogP contribution in [0.15, 0.2) is 30.3 Å². The van der Waals surface area contributed by atoms with Crippen molar-refractivity contribution in [1.29, 1.82) is 0 Å². The van der Waals surface area contributed by atoms with Gasteiger partial charge in [0.05, 0.1) is 17.4 Å². The van der Waals surface area contributed by atoms with Crippen molar-refractivity contribution in [3.05, 3.63) is 35.9 Å². The smallest absolute Gasteiger partial charge is 0.549 e. The Morgan fingerprint density at radius 3 is 1.88 bits per heavy atom. The summed E-state index contributed by atoms with van der Waals surface area (Å²) >= 11 is 0. The summed E-state index contributed by atoms with van der Waals surface area (Å²) in [4.78, 5) is 21.5. The van der Waals surface area contributed by atoms with E-state index in [1.807, 2.05) is 0 Å². The molecule has 0 atom stereocenters. The largest absolute Gasteiger partial charge is 1.00 e. The third kappa shape index (κ3) is 5.27. The molecular formula is C11H10KLiO4. The van der Waals surface area contributed by atoms with Crippen LogP contribution in [0.2, 0.25) is 0 Å². The molecule has 1 aromatic carbocycles. The van der Waals surface area contributed by atoms with E-state index in [1.54, 1.807) is 30.3 Å². The van der Waals surface area contributed by atoms with Gasteiger partial charge in [0.1, 0.15) is 0 Å². The van der Waals surface area contributed by atoms with Gasteiger partial charge in [0.25, 0.3) is 0 Å². The maximum absolute atomic E-state index is 10.7. The van der Waals surface area contributed by atoms with Crippen molar-refractivity contribution in [3.8, 4) is 0 Å².